The molecule has 1 N–H and O–H groups in total. The number of rotatable bonds is 5. The summed E-state index contributed by atoms with van der Waals surface area (Å²) in [5, 5.41) is 2.71. The number of amides is 1. The summed E-state index contributed by atoms with van der Waals surface area (Å²) in [5.74, 6) is -2.59. The van der Waals surface area contributed by atoms with E-state index in [2.05, 4.69) is 10.1 Å². The van der Waals surface area contributed by atoms with E-state index in [4.69, 9.17) is 9.47 Å². The van der Waals surface area contributed by atoms with Gasteiger partial charge in [0, 0.05) is 11.8 Å². The van der Waals surface area contributed by atoms with Crippen molar-refractivity contribution >= 4 is 23.3 Å². The van der Waals surface area contributed by atoms with E-state index in [9.17, 15) is 14.4 Å². The molecule has 2 aromatic carbocycles. The van der Waals surface area contributed by atoms with Crippen LogP contribution in [0.15, 0.2) is 66.4 Å². The Labute approximate surface area is 161 Å². The molecule has 0 fully saturated rings. The highest BCUT2D eigenvalue weighted by molar-refractivity contribution is 6.14. The maximum Gasteiger partial charge on any atom is 0.373 e. The van der Waals surface area contributed by atoms with E-state index in [1.807, 2.05) is 0 Å². The van der Waals surface area contributed by atoms with Crippen LogP contribution in [0.4, 0.5) is 5.69 Å². The number of esters is 1. The highest BCUT2D eigenvalue weighted by Gasteiger charge is 2.41. The second-order valence-corrected chi connectivity index (χ2v) is 6.05. The van der Waals surface area contributed by atoms with E-state index in [1.54, 1.807) is 61.7 Å². The van der Waals surface area contributed by atoms with Gasteiger partial charge in [-0.1, -0.05) is 30.3 Å². The normalized spacial score (nSPS) is 18.5. The molecule has 1 aliphatic heterocycles. The van der Waals surface area contributed by atoms with Gasteiger partial charge in [0.1, 0.15) is 17.8 Å². The molecule has 7 heteroatoms. The van der Waals surface area contributed by atoms with Crippen LogP contribution in [-0.2, 0) is 23.9 Å². The smallest absolute Gasteiger partial charge is 0.373 e. The second-order valence-electron chi connectivity index (χ2n) is 6.05. The summed E-state index contributed by atoms with van der Waals surface area (Å²) in [7, 11) is 2.73. The summed E-state index contributed by atoms with van der Waals surface area (Å²) >= 11 is 0. The summed E-state index contributed by atoms with van der Waals surface area (Å²) in [6, 6.07) is 15.5. The number of carbonyl (C=O) groups excluding carboxylic acids is 3. The van der Waals surface area contributed by atoms with Crippen molar-refractivity contribution in [3.05, 3.63) is 72.0 Å². The quantitative estimate of drug-likeness (QED) is 0.632. The van der Waals surface area contributed by atoms with Crippen LogP contribution >= 0.6 is 0 Å². The molecule has 0 unspecified atom stereocenters. The van der Waals surface area contributed by atoms with Crippen molar-refractivity contribution in [3.8, 4) is 5.75 Å². The molecule has 0 radical (unpaired) electrons. The van der Waals surface area contributed by atoms with Crippen LogP contribution in [0.1, 0.15) is 11.7 Å². The number of anilines is 1. The number of methoxy groups -OCH3 is 2. The van der Waals surface area contributed by atoms with Gasteiger partial charge in [-0.05, 0) is 29.8 Å². The van der Waals surface area contributed by atoms with Gasteiger partial charge in [-0.15, -0.1) is 0 Å². The van der Waals surface area contributed by atoms with Crippen LogP contribution < -0.4 is 10.1 Å². The number of nitrogens with one attached hydrogen (secondary N) is 1. The number of benzene rings is 2. The van der Waals surface area contributed by atoms with Gasteiger partial charge in [-0.3, -0.25) is 9.59 Å². The van der Waals surface area contributed by atoms with Gasteiger partial charge in [0.25, 0.3) is 0 Å². The average Bonchev–Trinajstić information content (AvgIpc) is 2.73. The lowest BCUT2D eigenvalue weighted by atomic mass is 9.88. The van der Waals surface area contributed by atoms with Crippen molar-refractivity contribution in [1.29, 1.82) is 0 Å². The van der Waals surface area contributed by atoms with E-state index < -0.39 is 29.7 Å². The van der Waals surface area contributed by atoms with Crippen molar-refractivity contribution in [2.45, 2.75) is 6.10 Å². The fraction of sp³-hybridized carbons (Fsp3) is 0.190. The molecule has 1 heterocycles. The van der Waals surface area contributed by atoms with E-state index in [0.717, 1.165) is 6.08 Å². The van der Waals surface area contributed by atoms with Gasteiger partial charge < -0.3 is 19.5 Å². The molecule has 0 aliphatic carbocycles. The Kier molecular flexibility index (Phi) is 5.74. The summed E-state index contributed by atoms with van der Waals surface area (Å²) < 4.78 is 15.4. The fourth-order valence-corrected chi connectivity index (χ4v) is 2.88. The first-order chi connectivity index (χ1) is 13.5. The SMILES string of the molecule is COC(=O)C1=CC(=O)[C@@H](C(=O)Nc2ccc(OC)cc2)[C@@H](c2ccccc2)O1. The fourth-order valence-electron chi connectivity index (χ4n) is 2.88. The number of ketones is 1. The van der Waals surface area contributed by atoms with Gasteiger partial charge in [0.05, 0.1) is 14.2 Å². The molecule has 3 rings (SSSR count). The Morgan fingerprint density at radius 3 is 2.29 bits per heavy atom. The molecule has 0 aromatic heterocycles. The highest BCUT2D eigenvalue weighted by Crippen LogP contribution is 2.34. The maximum atomic E-state index is 12.9. The minimum Gasteiger partial charge on any atom is -0.497 e. The van der Waals surface area contributed by atoms with Crippen molar-refractivity contribution in [2.75, 3.05) is 19.5 Å². The lowest BCUT2D eigenvalue weighted by Crippen LogP contribution is -2.38. The minimum absolute atomic E-state index is 0.227. The van der Waals surface area contributed by atoms with Gasteiger partial charge in [-0.2, -0.15) is 0 Å². The van der Waals surface area contributed by atoms with Gasteiger partial charge in [-0.25, -0.2) is 4.79 Å². The largest absolute Gasteiger partial charge is 0.497 e. The zero-order valence-corrected chi connectivity index (χ0v) is 15.4. The van der Waals surface area contributed by atoms with Gasteiger partial charge in [0.2, 0.25) is 11.7 Å². The van der Waals surface area contributed by atoms with Crippen LogP contribution in [0.3, 0.4) is 0 Å². The molecule has 2 atom stereocenters. The third-order valence-corrected chi connectivity index (χ3v) is 4.29. The standard InChI is InChI=1S/C21H19NO6/c1-26-15-10-8-14(9-11-15)22-20(24)18-16(23)12-17(21(25)27-2)28-19(18)13-6-4-3-5-7-13/h3-12,18-19H,1-2H3,(H,22,24)/t18-,19-/m1/s1. The summed E-state index contributed by atoms with van der Waals surface area (Å²) in [5.41, 5.74) is 1.10. The van der Waals surface area contributed by atoms with Crippen molar-refractivity contribution in [1.82, 2.24) is 0 Å². The molecule has 0 saturated carbocycles. The van der Waals surface area contributed by atoms with Crippen LogP contribution in [0.25, 0.3) is 0 Å². The molecule has 0 saturated heterocycles. The molecular weight excluding hydrogens is 362 g/mol. The first-order valence-corrected chi connectivity index (χ1v) is 8.54. The summed E-state index contributed by atoms with van der Waals surface area (Å²) in [6.45, 7) is 0. The van der Waals surface area contributed by atoms with Crippen LogP contribution in [-0.4, -0.2) is 31.9 Å². The zero-order chi connectivity index (χ0) is 20.1. The van der Waals surface area contributed by atoms with Crippen molar-refractivity contribution in [2.24, 2.45) is 5.92 Å². The number of hydrogen-bond acceptors (Lipinski definition) is 6. The van der Waals surface area contributed by atoms with Crippen LogP contribution in [0.2, 0.25) is 0 Å². The van der Waals surface area contributed by atoms with E-state index in [-0.39, 0.29) is 5.76 Å². The summed E-state index contributed by atoms with van der Waals surface area (Å²) in [6.07, 6.45) is 0.0508. The predicted octanol–water partition coefficient (Wildman–Crippen LogP) is 2.65. The lowest BCUT2D eigenvalue weighted by molar-refractivity contribution is -0.148. The predicted molar refractivity (Wildman–Crippen MR) is 100 cm³/mol. The summed E-state index contributed by atoms with van der Waals surface area (Å²) in [4.78, 5) is 37.4. The molecule has 144 valence electrons. The Bertz CT molecular complexity index is 904. The Morgan fingerprint density at radius 2 is 1.68 bits per heavy atom. The monoisotopic (exact) mass is 381 g/mol. The van der Waals surface area contributed by atoms with Crippen LogP contribution in [0, 0.1) is 5.92 Å². The number of allylic oxidation sites excluding steroid dienone is 1. The van der Waals surface area contributed by atoms with E-state index in [0.29, 0.717) is 17.0 Å². The first-order valence-electron chi connectivity index (χ1n) is 8.54. The number of hydrogen-bond donors (Lipinski definition) is 1. The Hall–Kier alpha value is -3.61. The molecule has 2 aromatic rings. The highest BCUT2D eigenvalue weighted by atomic mass is 16.6. The second kappa shape index (κ2) is 8.39. The molecular formula is C21H19NO6. The molecule has 28 heavy (non-hydrogen) atoms. The Balaban J connectivity index is 1.90. The molecule has 1 amide bonds. The molecule has 0 spiro atoms. The number of carbonyl (C=O) groups is 3. The zero-order valence-electron chi connectivity index (χ0n) is 15.4. The molecule has 1 aliphatic rings. The molecule has 7 nitrogen and oxygen atoms in total. The third-order valence-electron chi connectivity index (χ3n) is 4.29. The van der Waals surface area contributed by atoms with Crippen LogP contribution in [0.5, 0.6) is 5.75 Å². The topological polar surface area (TPSA) is 90.9 Å². The van der Waals surface area contributed by atoms with Crippen molar-refractivity contribution < 1.29 is 28.6 Å². The van der Waals surface area contributed by atoms with Gasteiger partial charge >= 0.3 is 5.97 Å². The Morgan fingerprint density at radius 1 is 1.00 bits per heavy atom. The minimum atomic E-state index is -1.15. The first kappa shape index (κ1) is 19.2. The lowest BCUT2D eigenvalue weighted by Gasteiger charge is -2.29. The van der Waals surface area contributed by atoms with Crippen molar-refractivity contribution in [3.63, 3.8) is 0 Å². The third kappa shape index (κ3) is 4.03. The van der Waals surface area contributed by atoms with Gasteiger partial charge in [0.15, 0.2) is 5.78 Å². The van der Waals surface area contributed by atoms with E-state index >= 15 is 0 Å². The maximum absolute atomic E-state index is 12.9. The average molecular weight is 381 g/mol. The number of ether oxygens (including phenoxy) is 3. The van der Waals surface area contributed by atoms with E-state index in [1.165, 1.54) is 7.11 Å². The molecule has 0 bridgehead atoms.